The van der Waals surface area contributed by atoms with Crippen LogP contribution in [0.25, 0.3) is 0 Å². The molecule has 0 saturated heterocycles. The second-order valence-corrected chi connectivity index (χ2v) is 5.90. The Kier molecular flexibility index (Phi) is 4.65. The van der Waals surface area contributed by atoms with Crippen molar-refractivity contribution in [2.75, 3.05) is 18.9 Å². The lowest BCUT2D eigenvalue weighted by Gasteiger charge is -2.07. The molecule has 0 radical (unpaired) electrons. The van der Waals surface area contributed by atoms with Crippen molar-refractivity contribution in [3.8, 4) is 0 Å². The number of rotatable bonds is 6. The third-order valence-electron chi connectivity index (χ3n) is 2.73. The van der Waals surface area contributed by atoms with Crippen molar-refractivity contribution in [1.82, 2.24) is 14.7 Å². The Morgan fingerprint density at radius 2 is 2.10 bits per heavy atom. The minimum absolute atomic E-state index is 0.197. The summed E-state index contributed by atoms with van der Waals surface area (Å²) < 4.78 is 26.8. The van der Waals surface area contributed by atoms with E-state index in [1.165, 1.54) is 18.3 Å². The highest BCUT2D eigenvalue weighted by molar-refractivity contribution is 7.89. The minimum atomic E-state index is -3.51. The Bertz CT molecular complexity index is 659. The van der Waals surface area contributed by atoms with E-state index in [2.05, 4.69) is 20.0 Å². The van der Waals surface area contributed by atoms with Gasteiger partial charge in [-0.2, -0.15) is 0 Å². The molecule has 7 heteroatoms. The van der Waals surface area contributed by atoms with Gasteiger partial charge in [0.2, 0.25) is 10.0 Å². The molecular weight excluding hydrogens is 276 g/mol. The Labute approximate surface area is 118 Å². The third-order valence-corrected chi connectivity index (χ3v) is 4.19. The predicted octanol–water partition coefficient (Wildman–Crippen LogP) is 1.04. The normalized spacial score (nSPS) is 11.2. The Morgan fingerprint density at radius 3 is 2.80 bits per heavy atom. The van der Waals surface area contributed by atoms with Crippen LogP contribution in [0.3, 0.4) is 0 Å². The van der Waals surface area contributed by atoms with Gasteiger partial charge >= 0.3 is 0 Å². The quantitative estimate of drug-likeness (QED) is 0.831. The van der Waals surface area contributed by atoms with E-state index in [0.29, 0.717) is 18.8 Å². The molecule has 2 rings (SSSR count). The average molecular weight is 292 g/mol. The number of nitrogens with zero attached hydrogens (tertiary/aromatic N) is 2. The van der Waals surface area contributed by atoms with Crippen LogP contribution in [-0.2, 0) is 16.4 Å². The summed E-state index contributed by atoms with van der Waals surface area (Å²) in [4.78, 5) is 8.17. The van der Waals surface area contributed by atoms with Gasteiger partial charge in [0.05, 0.1) is 4.90 Å². The van der Waals surface area contributed by atoms with Crippen LogP contribution in [0.4, 0.5) is 5.82 Å². The first-order valence-corrected chi connectivity index (χ1v) is 7.62. The molecule has 0 bridgehead atoms. The van der Waals surface area contributed by atoms with Crippen LogP contribution in [0.15, 0.2) is 47.8 Å². The Morgan fingerprint density at radius 1 is 1.25 bits per heavy atom. The van der Waals surface area contributed by atoms with Gasteiger partial charge in [0.1, 0.15) is 5.82 Å². The van der Waals surface area contributed by atoms with E-state index in [1.807, 2.05) is 12.1 Å². The molecule has 106 valence electrons. The summed E-state index contributed by atoms with van der Waals surface area (Å²) in [7, 11) is -1.82. The lowest BCUT2D eigenvalue weighted by Crippen LogP contribution is -2.26. The van der Waals surface area contributed by atoms with Crippen molar-refractivity contribution < 1.29 is 8.42 Å². The predicted molar refractivity (Wildman–Crippen MR) is 76.9 cm³/mol. The van der Waals surface area contributed by atoms with Gasteiger partial charge in [0.15, 0.2) is 0 Å². The van der Waals surface area contributed by atoms with Gasteiger partial charge in [0, 0.05) is 38.2 Å². The third kappa shape index (κ3) is 3.75. The van der Waals surface area contributed by atoms with Gasteiger partial charge in [-0.15, -0.1) is 0 Å². The molecule has 2 N–H and O–H groups in total. The molecule has 2 aromatic rings. The fourth-order valence-corrected chi connectivity index (χ4v) is 2.72. The Balaban J connectivity index is 2.00. The molecule has 0 aliphatic carbocycles. The van der Waals surface area contributed by atoms with E-state index in [4.69, 9.17) is 0 Å². The standard InChI is InChI=1S/C13H16N4O2S/c1-14-13-9-12(5-7-16-13)20(18,19)17-8-4-11-3-2-6-15-10-11/h2-3,5-7,9-10,17H,4,8H2,1H3,(H,14,16). The zero-order chi connectivity index (χ0) is 14.4. The highest BCUT2D eigenvalue weighted by atomic mass is 32.2. The number of hydrogen-bond acceptors (Lipinski definition) is 5. The molecule has 0 fully saturated rings. The molecule has 0 aliphatic heterocycles. The summed E-state index contributed by atoms with van der Waals surface area (Å²) >= 11 is 0. The van der Waals surface area contributed by atoms with Crippen LogP contribution < -0.4 is 10.0 Å². The maximum Gasteiger partial charge on any atom is 0.240 e. The molecule has 0 aliphatic rings. The SMILES string of the molecule is CNc1cc(S(=O)(=O)NCCc2cccnc2)ccn1. The van der Waals surface area contributed by atoms with Crippen LogP contribution >= 0.6 is 0 Å². The number of pyridine rings is 2. The molecule has 2 heterocycles. The lowest BCUT2D eigenvalue weighted by molar-refractivity contribution is 0.581. The minimum Gasteiger partial charge on any atom is -0.373 e. The number of anilines is 1. The molecule has 0 saturated carbocycles. The molecule has 0 spiro atoms. The lowest BCUT2D eigenvalue weighted by atomic mass is 10.2. The second kappa shape index (κ2) is 6.44. The molecule has 0 unspecified atom stereocenters. The van der Waals surface area contributed by atoms with E-state index >= 15 is 0 Å². The van der Waals surface area contributed by atoms with Gasteiger partial charge in [-0.1, -0.05) is 6.07 Å². The maximum absolute atomic E-state index is 12.1. The molecule has 20 heavy (non-hydrogen) atoms. The largest absolute Gasteiger partial charge is 0.373 e. The first kappa shape index (κ1) is 14.4. The first-order chi connectivity index (χ1) is 9.62. The van der Waals surface area contributed by atoms with Crippen molar-refractivity contribution >= 4 is 15.8 Å². The first-order valence-electron chi connectivity index (χ1n) is 6.14. The van der Waals surface area contributed by atoms with E-state index in [1.54, 1.807) is 19.4 Å². The molecule has 0 aromatic carbocycles. The number of hydrogen-bond donors (Lipinski definition) is 2. The molecule has 6 nitrogen and oxygen atoms in total. The summed E-state index contributed by atoms with van der Waals surface area (Å²) in [6.07, 6.45) is 5.46. The summed E-state index contributed by atoms with van der Waals surface area (Å²) in [6, 6.07) is 6.69. The second-order valence-electron chi connectivity index (χ2n) is 4.14. The molecule has 0 atom stereocenters. The van der Waals surface area contributed by atoms with Crippen LogP contribution in [-0.4, -0.2) is 32.0 Å². The van der Waals surface area contributed by atoms with Crippen molar-refractivity contribution in [3.05, 3.63) is 48.4 Å². The molecule has 0 amide bonds. The summed E-state index contributed by atoms with van der Waals surface area (Å²) in [6.45, 7) is 0.325. The van der Waals surface area contributed by atoms with Crippen molar-refractivity contribution in [2.45, 2.75) is 11.3 Å². The van der Waals surface area contributed by atoms with Crippen molar-refractivity contribution in [1.29, 1.82) is 0 Å². The summed E-state index contributed by atoms with van der Waals surface area (Å²) in [5.41, 5.74) is 0.987. The fraction of sp³-hybridized carbons (Fsp3) is 0.231. The number of sulfonamides is 1. The topological polar surface area (TPSA) is 84.0 Å². The van der Waals surface area contributed by atoms with E-state index in [9.17, 15) is 8.42 Å². The van der Waals surface area contributed by atoms with Crippen LogP contribution in [0.2, 0.25) is 0 Å². The van der Waals surface area contributed by atoms with Crippen LogP contribution in [0.5, 0.6) is 0 Å². The van der Waals surface area contributed by atoms with E-state index < -0.39 is 10.0 Å². The van der Waals surface area contributed by atoms with E-state index in [0.717, 1.165) is 5.56 Å². The number of aromatic nitrogens is 2. The van der Waals surface area contributed by atoms with Gasteiger partial charge in [-0.05, 0) is 24.1 Å². The molecule has 2 aromatic heterocycles. The van der Waals surface area contributed by atoms with Gasteiger partial charge in [-0.3, -0.25) is 4.98 Å². The van der Waals surface area contributed by atoms with Crippen molar-refractivity contribution in [2.24, 2.45) is 0 Å². The van der Waals surface area contributed by atoms with Crippen LogP contribution in [0.1, 0.15) is 5.56 Å². The van der Waals surface area contributed by atoms with Gasteiger partial charge < -0.3 is 5.32 Å². The zero-order valence-corrected chi connectivity index (χ0v) is 11.9. The maximum atomic E-state index is 12.1. The smallest absolute Gasteiger partial charge is 0.240 e. The monoisotopic (exact) mass is 292 g/mol. The summed E-state index contributed by atoms with van der Waals surface area (Å²) in [5.74, 6) is 0.514. The Hall–Kier alpha value is -1.99. The summed E-state index contributed by atoms with van der Waals surface area (Å²) in [5, 5.41) is 2.81. The van der Waals surface area contributed by atoms with E-state index in [-0.39, 0.29) is 4.90 Å². The highest BCUT2D eigenvalue weighted by Crippen LogP contribution is 2.11. The van der Waals surface area contributed by atoms with Gasteiger partial charge in [0.25, 0.3) is 0 Å². The van der Waals surface area contributed by atoms with Crippen molar-refractivity contribution in [3.63, 3.8) is 0 Å². The van der Waals surface area contributed by atoms with Gasteiger partial charge in [-0.25, -0.2) is 18.1 Å². The zero-order valence-electron chi connectivity index (χ0n) is 11.1. The highest BCUT2D eigenvalue weighted by Gasteiger charge is 2.13. The molecular formula is C13H16N4O2S. The fourth-order valence-electron chi connectivity index (χ4n) is 1.67. The number of nitrogens with one attached hydrogen (secondary N) is 2. The average Bonchev–Trinajstić information content (AvgIpc) is 2.48. The van der Waals surface area contributed by atoms with Crippen LogP contribution in [0, 0.1) is 0 Å².